The quantitative estimate of drug-likeness (QED) is 0.814. The maximum absolute atomic E-state index is 12.0. The summed E-state index contributed by atoms with van der Waals surface area (Å²) in [4.78, 5) is 23.8. The molecule has 0 atom stereocenters. The SMILES string of the molecule is CCOC(=O)c1c(O)c(C(=O)OC(C)(C)C)c(N)n1C. The fourth-order valence-electron chi connectivity index (χ4n) is 1.65. The Morgan fingerprint density at radius 1 is 1.30 bits per heavy atom. The van der Waals surface area contributed by atoms with Gasteiger partial charge in [0.05, 0.1) is 6.61 Å². The minimum absolute atomic E-state index is 0.0557. The average Bonchev–Trinajstić information content (AvgIpc) is 2.48. The summed E-state index contributed by atoms with van der Waals surface area (Å²) in [6.07, 6.45) is 0. The smallest absolute Gasteiger partial charge is 0.358 e. The van der Waals surface area contributed by atoms with Crippen molar-refractivity contribution in [1.82, 2.24) is 4.57 Å². The van der Waals surface area contributed by atoms with Gasteiger partial charge in [-0.15, -0.1) is 0 Å². The molecule has 0 saturated heterocycles. The van der Waals surface area contributed by atoms with E-state index in [1.54, 1.807) is 27.7 Å². The molecule has 0 radical (unpaired) electrons. The van der Waals surface area contributed by atoms with Crippen LogP contribution in [0.25, 0.3) is 0 Å². The molecule has 0 spiro atoms. The fraction of sp³-hybridized carbons (Fsp3) is 0.538. The van der Waals surface area contributed by atoms with Gasteiger partial charge in [-0.3, -0.25) is 0 Å². The third kappa shape index (κ3) is 3.04. The fourth-order valence-corrected chi connectivity index (χ4v) is 1.65. The second-order valence-corrected chi connectivity index (χ2v) is 5.24. The third-order valence-corrected chi connectivity index (χ3v) is 2.49. The van der Waals surface area contributed by atoms with Gasteiger partial charge in [0.1, 0.15) is 17.0 Å². The highest BCUT2D eigenvalue weighted by Crippen LogP contribution is 2.32. The standard InChI is InChI=1S/C13H20N2O5/c1-6-19-12(18)8-9(16)7(10(14)15(8)5)11(17)20-13(2,3)4/h16H,6,14H2,1-5H3. The Morgan fingerprint density at radius 2 is 1.85 bits per heavy atom. The molecule has 0 aliphatic carbocycles. The number of nitrogens with two attached hydrogens (primary N) is 1. The molecular formula is C13H20N2O5. The van der Waals surface area contributed by atoms with E-state index >= 15 is 0 Å². The number of nitrogen functional groups attached to an aromatic ring is 1. The molecule has 0 bridgehead atoms. The molecule has 20 heavy (non-hydrogen) atoms. The number of rotatable bonds is 3. The Kier molecular flexibility index (Phi) is 4.32. The van der Waals surface area contributed by atoms with Crippen molar-refractivity contribution in [3.63, 3.8) is 0 Å². The molecule has 0 aliphatic heterocycles. The van der Waals surface area contributed by atoms with Crippen LogP contribution < -0.4 is 5.73 Å². The van der Waals surface area contributed by atoms with Crippen molar-refractivity contribution in [2.45, 2.75) is 33.3 Å². The Labute approximate surface area is 117 Å². The van der Waals surface area contributed by atoms with Crippen molar-refractivity contribution in [2.75, 3.05) is 12.3 Å². The van der Waals surface area contributed by atoms with Gasteiger partial charge in [-0.25, -0.2) is 9.59 Å². The summed E-state index contributed by atoms with van der Waals surface area (Å²) in [6, 6.07) is 0. The predicted molar refractivity (Wildman–Crippen MR) is 72.6 cm³/mol. The first-order valence-electron chi connectivity index (χ1n) is 6.17. The topological polar surface area (TPSA) is 104 Å². The summed E-state index contributed by atoms with van der Waals surface area (Å²) in [7, 11) is 1.45. The molecule has 0 aromatic carbocycles. The summed E-state index contributed by atoms with van der Waals surface area (Å²) in [5.74, 6) is -2.13. The van der Waals surface area contributed by atoms with Gasteiger partial charge in [0.2, 0.25) is 0 Å². The third-order valence-electron chi connectivity index (χ3n) is 2.49. The summed E-state index contributed by atoms with van der Waals surface area (Å²) in [6.45, 7) is 6.84. The van der Waals surface area contributed by atoms with Crippen LogP contribution in [0.5, 0.6) is 5.75 Å². The highest BCUT2D eigenvalue weighted by Gasteiger charge is 2.31. The molecule has 1 rings (SSSR count). The zero-order chi connectivity index (χ0) is 15.7. The zero-order valence-corrected chi connectivity index (χ0v) is 12.3. The van der Waals surface area contributed by atoms with Gasteiger partial charge in [0.25, 0.3) is 0 Å². The lowest BCUT2D eigenvalue weighted by molar-refractivity contribution is 0.00684. The summed E-state index contributed by atoms with van der Waals surface area (Å²) in [5.41, 5.74) is 4.61. The van der Waals surface area contributed by atoms with Gasteiger partial charge in [-0.2, -0.15) is 0 Å². The molecule has 0 fully saturated rings. The maximum Gasteiger partial charge on any atom is 0.358 e. The maximum atomic E-state index is 12.0. The van der Waals surface area contributed by atoms with Crippen molar-refractivity contribution >= 4 is 17.8 Å². The summed E-state index contributed by atoms with van der Waals surface area (Å²) >= 11 is 0. The van der Waals surface area contributed by atoms with Crippen molar-refractivity contribution in [3.05, 3.63) is 11.3 Å². The van der Waals surface area contributed by atoms with Crippen molar-refractivity contribution < 1.29 is 24.2 Å². The Morgan fingerprint density at radius 3 is 2.30 bits per heavy atom. The number of hydrogen-bond donors (Lipinski definition) is 2. The lowest BCUT2D eigenvalue weighted by atomic mass is 10.2. The van der Waals surface area contributed by atoms with Crippen LogP contribution in [0, 0.1) is 0 Å². The van der Waals surface area contributed by atoms with Crippen LogP contribution in [-0.2, 0) is 16.5 Å². The van der Waals surface area contributed by atoms with Gasteiger partial charge in [-0.05, 0) is 27.7 Å². The van der Waals surface area contributed by atoms with E-state index < -0.39 is 23.3 Å². The van der Waals surface area contributed by atoms with E-state index in [0.717, 1.165) is 0 Å². The number of aromatic hydroxyl groups is 1. The first kappa shape index (κ1) is 15.9. The van der Waals surface area contributed by atoms with Crippen molar-refractivity contribution in [3.8, 4) is 5.75 Å². The van der Waals surface area contributed by atoms with Crippen LogP contribution in [0.1, 0.15) is 48.5 Å². The minimum atomic E-state index is -0.793. The molecule has 0 amide bonds. The summed E-state index contributed by atoms with van der Waals surface area (Å²) in [5, 5.41) is 10.1. The number of nitrogens with zero attached hydrogens (tertiary/aromatic N) is 1. The second-order valence-electron chi connectivity index (χ2n) is 5.24. The first-order valence-corrected chi connectivity index (χ1v) is 6.17. The van der Waals surface area contributed by atoms with Crippen molar-refractivity contribution in [1.29, 1.82) is 0 Å². The van der Waals surface area contributed by atoms with Gasteiger partial charge in [-0.1, -0.05) is 0 Å². The lowest BCUT2D eigenvalue weighted by Gasteiger charge is -2.19. The molecule has 1 heterocycles. The van der Waals surface area contributed by atoms with E-state index in [1.165, 1.54) is 11.6 Å². The van der Waals surface area contributed by atoms with Gasteiger partial charge < -0.3 is 24.9 Å². The molecule has 0 saturated carbocycles. The number of ether oxygens (including phenoxy) is 2. The van der Waals surface area contributed by atoms with E-state index in [4.69, 9.17) is 15.2 Å². The molecule has 1 aromatic rings. The number of aromatic nitrogens is 1. The Balaban J connectivity index is 3.27. The van der Waals surface area contributed by atoms with Crippen LogP contribution in [0.15, 0.2) is 0 Å². The average molecular weight is 284 g/mol. The second kappa shape index (κ2) is 5.44. The molecular weight excluding hydrogens is 264 g/mol. The van der Waals surface area contributed by atoms with E-state index in [-0.39, 0.29) is 23.7 Å². The zero-order valence-electron chi connectivity index (χ0n) is 12.3. The number of hydrogen-bond acceptors (Lipinski definition) is 6. The number of anilines is 1. The monoisotopic (exact) mass is 284 g/mol. The number of esters is 2. The molecule has 7 heteroatoms. The van der Waals surface area contributed by atoms with E-state index in [1.807, 2.05) is 0 Å². The first-order chi connectivity index (χ1) is 9.10. The van der Waals surface area contributed by atoms with Crippen LogP contribution in [-0.4, -0.2) is 33.8 Å². The lowest BCUT2D eigenvalue weighted by Crippen LogP contribution is -2.24. The highest BCUT2D eigenvalue weighted by molar-refractivity contribution is 6.04. The molecule has 112 valence electrons. The molecule has 0 unspecified atom stereocenters. The molecule has 0 aliphatic rings. The Hall–Kier alpha value is -2.18. The predicted octanol–water partition coefficient (Wildman–Crippen LogP) is 1.44. The highest BCUT2D eigenvalue weighted by atomic mass is 16.6. The van der Waals surface area contributed by atoms with E-state index in [0.29, 0.717) is 0 Å². The molecule has 1 aromatic heterocycles. The minimum Gasteiger partial charge on any atom is -0.505 e. The van der Waals surface area contributed by atoms with Crippen LogP contribution >= 0.6 is 0 Å². The normalized spacial score (nSPS) is 11.2. The van der Waals surface area contributed by atoms with Crippen LogP contribution in [0.4, 0.5) is 5.82 Å². The van der Waals surface area contributed by atoms with E-state index in [9.17, 15) is 14.7 Å². The van der Waals surface area contributed by atoms with Crippen molar-refractivity contribution in [2.24, 2.45) is 7.05 Å². The summed E-state index contributed by atoms with van der Waals surface area (Å²) < 4.78 is 11.2. The largest absolute Gasteiger partial charge is 0.505 e. The Bertz CT molecular complexity index is 540. The van der Waals surface area contributed by atoms with E-state index in [2.05, 4.69) is 0 Å². The molecule has 7 nitrogen and oxygen atoms in total. The van der Waals surface area contributed by atoms with Gasteiger partial charge >= 0.3 is 11.9 Å². The van der Waals surface area contributed by atoms with Crippen LogP contribution in [0.2, 0.25) is 0 Å². The van der Waals surface area contributed by atoms with Gasteiger partial charge in [0, 0.05) is 7.05 Å². The molecule has 3 N–H and O–H groups in total. The number of carbonyl (C=O) groups excluding carboxylic acids is 2. The van der Waals surface area contributed by atoms with Gasteiger partial charge in [0.15, 0.2) is 11.4 Å². The number of carbonyl (C=O) groups is 2. The van der Waals surface area contributed by atoms with Crippen LogP contribution in [0.3, 0.4) is 0 Å².